The largest absolute Gasteiger partial charge is 0.352 e. The summed E-state index contributed by atoms with van der Waals surface area (Å²) >= 11 is 23.9. The first kappa shape index (κ1) is 19.1. The Morgan fingerprint density at radius 2 is 1.25 bits per heavy atom. The summed E-state index contributed by atoms with van der Waals surface area (Å²) in [5.74, 6) is -0.551. The van der Waals surface area contributed by atoms with Crippen LogP contribution >= 0.6 is 46.4 Å². The van der Waals surface area contributed by atoms with E-state index < -0.39 is 0 Å². The van der Waals surface area contributed by atoms with Crippen molar-refractivity contribution in [3.63, 3.8) is 0 Å². The molecule has 7 heteroatoms. The van der Waals surface area contributed by atoms with Gasteiger partial charge in [0.1, 0.15) is 0 Å². The van der Waals surface area contributed by atoms with Gasteiger partial charge in [-0.3, -0.25) is 9.59 Å². The van der Waals surface area contributed by atoms with Gasteiger partial charge in [0.15, 0.2) is 5.78 Å². The number of rotatable bonds is 6. The molecule has 24 heavy (non-hydrogen) atoms. The first-order valence-electron chi connectivity index (χ1n) is 7.11. The zero-order chi connectivity index (χ0) is 17.7. The number of halogens is 4. The van der Waals surface area contributed by atoms with Crippen molar-refractivity contribution in [1.82, 2.24) is 5.32 Å². The van der Waals surface area contributed by atoms with Crippen LogP contribution in [0.1, 0.15) is 33.6 Å². The van der Waals surface area contributed by atoms with Gasteiger partial charge in [0.2, 0.25) is 0 Å². The van der Waals surface area contributed by atoms with Gasteiger partial charge < -0.3 is 5.32 Å². The Hall–Kier alpha value is -1.26. The fourth-order valence-corrected chi connectivity index (χ4v) is 3.32. The summed E-state index contributed by atoms with van der Waals surface area (Å²) in [7, 11) is 0. The molecule has 0 fully saturated rings. The molecule has 2 rings (SSSR count). The number of amides is 1. The van der Waals surface area contributed by atoms with E-state index in [1.165, 1.54) is 0 Å². The van der Waals surface area contributed by atoms with Crippen molar-refractivity contribution in [1.29, 1.82) is 0 Å². The van der Waals surface area contributed by atoms with Crippen LogP contribution in [0, 0.1) is 0 Å². The van der Waals surface area contributed by atoms with E-state index in [4.69, 9.17) is 46.4 Å². The van der Waals surface area contributed by atoms with Crippen molar-refractivity contribution in [2.45, 2.75) is 12.8 Å². The number of hydrogen-bond donors (Lipinski definition) is 1. The standard InChI is InChI=1S/C17H13Cl4NO2/c18-10-4-1-5-11(19)15(10)14(23)8-3-9-22-17(24)16-12(20)6-2-7-13(16)21/h1-2,4-7H,3,8-9H2,(H,22,24). The van der Waals surface area contributed by atoms with Crippen LogP contribution in [0.3, 0.4) is 0 Å². The quantitative estimate of drug-likeness (QED) is 0.496. The van der Waals surface area contributed by atoms with E-state index in [0.29, 0.717) is 28.6 Å². The highest BCUT2D eigenvalue weighted by atomic mass is 35.5. The van der Waals surface area contributed by atoms with Crippen LogP contribution in [-0.4, -0.2) is 18.2 Å². The first-order valence-corrected chi connectivity index (χ1v) is 8.62. The number of ketones is 1. The lowest BCUT2D eigenvalue weighted by Crippen LogP contribution is -2.25. The summed E-state index contributed by atoms with van der Waals surface area (Å²) in [5, 5.41) is 3.88. The molecule has 2 aromatic rings. The van der Waals surface area contributed by atoms with E-state index in [1.807, 2.05) is 0 Å². The first-order chi connectivity index (χ1) is 11.4. The van der Waals surface area contributed by atoms with Gasteiger partial charge in [0, 0.05) is 13.0 Å². The molecule has 1 amide bonds. The van der Waals surface area contributed by atoms with Gasteiger partial charge in [0.05, 0.1) is 31.2 Å². The predicted molar refractivity (Wildman–Crippen MR) is 98.8 cm³/mol. The molecule has 0 aliphatic heterocycles. The summed E-state index contributed by atoms with van der Waals surface area (Å²) in [6.45, 7) is 0.300. The monoisotopic (exact) mass is 403 g/mol. The maximum absolute atomic E-state index is 12.2. The number of Topliss-reactive ketones (excluding diaryl/α,β-unsaturated/α-hetero) is 1. The summed E-state index contributed by atoms with van der Waals surface area (Å²) in [4.78, 5) is 24.3. The Balaban J connectivity index is 1.89. The van der Waals surface area contributed by atoms with Crippen LogP contribution in [0.25, 0.3) is 0 Å². The Bertz CT molecular complexity index is 671. The van der Waals surface area contributed by atoms with Crippen molar-refractivity contribution < 1.29 is 9.59 Å². The molecule has 0 saturated carbocycles. The SMILES string of the molecule is O=C(CCCNC(=O)c1c(Cl)cccc1Cl)c1c(Cl)cccc1Cl. The van der Waals surface area contributed by atoms with Gasteiger partial charge in [-0.2, -0.15) is 0 Å². The number of carbonyl (C=O) groups is 2. The zero-order valence-corrected chi connectivity index (χ0v) is 15.4. The molecule has 0 unspecified atom stereocenters. The maximum atomic E-state index is 12.2. The highest BCUT2D eigenvalue weighted by Gasteiger charge is 2.16. The number of nitrogens with one attached hydrogen (secondary N) is 1. The summed E-state index contributed by atoms with van der Waals surface area (Å²) < 4.78 is 0. The topological polar surface area (TPSA) is 46.2 Å². The highest BCUT2D eigenvalue weighted by molar-refractivity contribution is 6.40. The van der Waals surface area contributed by atoms with E-state index in [2.05, 4.69) is 5.32 Å². The van der Waals surface area contributed by atoms with E-state index in [1.54, 1.807) is 36.4 Å². The lowest BCUT2D eigenvalue weighted by atomic mass is 10.1. The van der Waals surface area contributed by atoms with Crippen molar-refractivity contribution in [3.05, 3.63) is 67.6 Å². The Labute approximate surface area is 159 Å². The fourth-order valence-electron chi connectivity index (χ4n) is 2.14. The van der Waals surface area contributed by atoms with Crippen LogP contribution < -0.4 is 5.32 Å². The van der Waals surface area contributed by atoms with Crippen LogP contribution in [0.5, 0.6) is 0 Å². The third kappa shape index (κ3) is 4.64. The van der Waals surface area contributed by atoms with Gasteiger partial charge in [-0.1, -0.05) is 58.5 Å². The minimum Gasteiger partial charge on any atom is -0.352 e. The minimum absolute atomic E-state index is 0.171. The molecule has 0 aliphatic rings. The zero-order valence-electron chi connectivity index (χ0n) is 12.4. The van der Waals surface area contributed by atoms with Crippen molar-refractivity contribution >= 4 is 58.1 Å². The molecular formula is C17H13Cl4NO2. The van der Waals surface area contributed by atoms with E-state index >= 15 is 0 Å². The van der Waals surface area contributed by atoms with Crippen molar-refractivity contribution in [2.24, 2.45) is 0 Å². The van der Waals surface area contributed by atoms with Crippen molar-refractivity contribution in [2.75, 3.05) is 6.54 Å². The Morgan fingerprint density at radius 3 is 1.75 bits per heavy atom. The summed E-state index contributed by atoms with van der Waals surface area (Å²) in [6, 6.07) is 9.74. The van der Waals surface area contributed by atoms with E-state index in [0.717, 1.165) is 0 Å². The minimum atomic E-state index is -0.381. The lowest BCUT2D eigenvalue weighted by molar-refractivity contribution is 0.0938. The average molecular weight is 405 g/mol. The Morgan fingerprint density at radius 1 is 0.792 bits per heavy atom. The molecule has 0 bridgehead atoms. The number of carbonyl (C=O) groups excluding carboxylic acids is 2. The molecular weight excluding hydrogens is 392 g/mol. The second kappa shape index (κ2) is 8.72. The molecule has 0 radical (unpaired) electrons. The van der Waals surface area contributed by atoms with Gasteiger partial charge in [-0.25, -0.2) is 0 Å². The average Bonchev–Trinajstić information content (AvgIpc) is 2.51. The maximum Gasteiger partial charge on any atom is 0.254 e. The summed E-state index contributed by atoms with van der Waals surface area (Å²) in [5.41, 5.74) is 0.530. The lowest BCUT2D eigenvalue weighted by Gasteiger charge is -2.09. The normalized spacial score (nSPS) is 10.5. The molecule has 126 valence electrons. The van der Waals surface area contributed by atoms with E-state index in [-0.39, 0.29) is 33.7 Å². The molecule has 0 spiro atoms. The van der Waals surface area contributed by atoms with Gasteiger partial charge in [-0.15, -0.1) is 0 Å². The molecule has 0 saturated heterocycles. The highest BCUT2D eigenvalue weighted by Crippen LogP contribution is 2.26. The Kier molecular flexibility index (Phi) is 6.93. The summed E-state index contributed by atoms with van der Waals surface area (Å²) in [6.07, 6.45) is 0.647. The smallest absolute Gasteiger partial charge is 0.254 e. The molecule has 0 aromatic heterocycles. The van der Waals surface area contributed by atoms with E-state index in [9.17, 15) is 9.59 Å². The number of hydrogen-bond acceptors (Lipinski definition) is 2. The third-order valence-electron chi connectivity index (χ3n) is 3.30. The van der Waals surface area contributed by atoms with Gasteiger partial charge in [0.25, 0.3) is 5.91 Å². The molecule has 1 N–H and O–H groups in total. The predicted octanol–water partition coefficient (Wildman–Crippen LogP) is 5.69. The van der Waals surface area contributed by atoms with Gasteiger partial charge >= 0.3 is 0 Å². The van der Waals surface area contributed by atoms with Crippen LogP contribution in [-0.2, 0) is 0 Å². The van der Waals surface area contributed by atoms with Crippen LogP contribution in [0.15, 0.2) is 36.4 Å². The van der Waals surface area contributed by atoms with Crippen molar-refractivity contribution in [3.8, 4) is 0 Å². The molecule has 3 nitrogen and oxygen atoms in total. The fraction of sp³-hybridized carbons (Fsp3) is 0.176. The molecule has 0 aliphatic carbocycles. The third-order valence-corrected chi connectivity index (χ3v) is 4.56. The number of benzene rings is 2. The molecule has 0 heterocycles. The van der Waals surface area contributed by atoms with Crippen LogP contribution in [0.4, 0.5) is 0 Å². The molecule has 0 atom stereocenters. The second-order valence-corrected chi connectivity index (χ2v) is 6.60. The van der Waals surface area contributed by atoms with Crippen LogP contribution in [0.2, 0.25) is 20.1 Å². The molecule has 2 aromatic carbocycles. The second-order valence-electron chi connectivity index (χ2n) is 4.98. The van der Waals surface area contributed by atoms with Gasteiger partial charge in [-0.05, 0) is 30.7 Å².